The van der Waals surface area contributed by atoms with Gasteiger partial charge in [0, 0.05) is 5.75 Å². The van der Waals surface area contributed by atoms with Crippen LogP contribution in [0.25, 0.3) is 0 Å². The second kappa shape index (κ2) is 2.45. The van der Waals surface area contributed by atoms with Crippen molar-refractivity contribution >= 4 is 16.8 Å². The molecule has 0 N–H and O–H groups in total. The Balaban J connectivity index is 2.61. The van der Waals surface area contributed by atoms with Crippen LogP contribution in [0.2, 0.25) is 0 Å². The molecule has 0 saturated heterocycles. The second-order valence-electron chi connectivity index (χ2n) is 2.02. The van der Waals surface area contributed by atoms with Gasteiger partial charge in [-0.3, -0.25) is 4.99 Å². The van der Waals surface area contributed by atoms with Crippen LogP contribution in [0.4, 0.5) is 13.2 Å². The Morgan fingerprint density at radius 3 is 2.40 bits per heavy atom. The van der Waals surface area contributed by atoms with Crippen LogP contribution in [0.1, 0.15) is 6.92 Å². The third-order valence-corrected chi connectivity index (χ3v) is 2.17. The Hall–Kier alpha value is -0.190. The highest BCUT2D eigenvalue weighted by Gasteiger charge is 2.41. The van der Waals surface area contributed by atoms with Gasteiger partial charge in [0.25, 0.3) is 0 Å². The van der Waals surface area contributed by atoms with Crippen LogP contribution < -0.4 is 0 Å². The van der Waals surface area contributed by atoms with E-state index < -0.39 is 12.2 Å². The Kier molecular flexibility index (Phi) is 1.94. The highest BCUT2D eigenvalue weighted by molar-refractivity contribution is 8.14. The molecule has 0 aliphatic carbocycles. The summed E-state index contributed by atoms with van der Waals surface area (Å²) in [7, 11) is 0. The van der Waals surface area contributed by atoms with Gasteiger partial charge in [-0.1, -0.05) is 0 Å². The van der Waals surface area contributed by atoms with Crippen LogP contribution in [0.3, 0.4) is 0 Å². The maximum absolute atomic E-state index is 11.8. The van der Waals surface area contributed by atoms with Crippen molar-refractivity contribution in [2.75, 3.05) is 5.75 Å². The third-order valence-electron chi connectivity index (χ3n) is 1.17. The summed E-state index contributed by atoms with van der Waals surface area (Å²) in [5, 5.41) is 0.530. The molecule has 1 aliphatic heterocycles. The molecular weight excluding hydrogens is 163 g/mol. The Bertz CT molecular complexity index is 163. The number of thioether (sulfide) groups is 1. The van der Waals surface area contributed by atoms with Gasteiger partial charge in [-0.2, -0.15) is 13.2 Å². The monoisotopic (exact) mass is 169 g/mol. The summed E-state index contributed by atoms with van der Waals surface area (Å²) in [6.45, 7) is 1.59. The van der Waals surface area contributed by atoms with Crippen molar-refractivity contribution < 1.29 is 13.2 Å². The van der Waals surface area contributed by atoms with Crippen molar-refractivity contribution in [1.82, 2.24) is 0 Å². The first-order chi connectivity index (χ1) is 4.50. The SMILES string of the molecule is CC1=N[C@H](C(F)(F)F)CS1. The van der Waals surface area contributed by atoms with Crippen molar-refractivity contribution in [2.24, 2.45) is 4.99 Å². The van der Waals surface area contributed by atoms with E-state index in [0.717, 1.165) is 11.8 Å². The second-order valence-corrected chi connectivity index (χ2v) is 3.23. The van der Waals surface area contributed by atoms with Crippen LogP contribution in [0.15, 0.2) is 4.99 Å². The van der Waals surface area contributed by atoms with Gasteiger partial charge in [-0.25, -0.2) is 0 Å². The zero-order valence-electron chi connectivity index (χ0n) is 5.27. The predicted molar refractivity (Wildman–Crippen MR) is 35.4 cm³/mol. The first-order valence-corrected chi connectivity index (χ1v) is 3.72. The van der Waals surface area contributed by atoms with Crippen LogP contribution in [0, 0.1) is 0 Å². The topological polar surface area (TPSA) is 12.4 Å². The summed E-state index contributed by atoms with van der Waals surface area (Å²) >= 11 is 1.16. The molecule has 0 saturated carbocycles. The van der Waals surface area contributed by atoms with Crippen LogP contribution in [0.5, 0.6) is 0 Å². The van der Waals surface area contributed by atoms with Crippen molar-refractivity contribution in [3.05, 3.63) is 0 Å². The van der Waals surface area contributed by atoms with Crippen molar-refractivity contribution in [3.63, 3.8) is 0 Å². The molecule has 1 nitrogen and oxygen atoms in total. The molecule has 0 amide bonds. The van der Waals surface area contributed by atoms with Gasteiger partial charge >= 0.3 is 6.18 Å². The zero-order chi connectivity index (χ0) is 7.78. The molecule has 1 aliphatic rings. The number of hydrogen-bond donors (Lipinski definition) is 0. The fraction of sp³-hybridized carbons (Fsp3) is 0.800. The van der Waals surface area contributed by atoms with E-state index in [4.69, 9.17) is 0 Å². The van der Waals surface area contributed by atoms with Crippen LogP contribution in [-0.4, -0.2) is 23.0 Å². The fourth-order valence-electron chi connectivity index (χ4n) is 0.661. The number of rotatable bonds is 0. The van der Waals surface area contributed by atoms with Gasteiger partial charge in [0.1, 0.15) is 0 Å². The minimum absolute atomic E-state index is 0.0509. The highest BCUT2D eigenvalue weighted by Crippen LogP contribution is 2.30. The minimum atomic E-state index is -4.15. The zero-order valence-corrected chi connectivity index (χ0v) is 6.09. The molecular formula is C5H6F3NS. The first kappa shape index (κ1) is 7.91. The highest BCUT2D eigenvalue weighted by atomic mass is 32.2. The molecule has 0 unspecified atom stereocenters. The number of halogens is 3. The summed E-state index contributed by atoms with van der Waals surface area (Å²) in [4.78, 5) is 3.41. The normalized spacial score (nSPS) is 26.8. The molecule has 0 aromatic heterocycles. The molecule has 0 aromatic carbocycles. The van der Waals surface area contributed by atoms with E-state index in [9.17, 15) is 13.2 Å². The lowest BCUT2D eigenvalue weighted by Gasteiger charge is -2.09. The first-order valence-electron chi connectivity index (χ1n) is 2.74. The molecule has 1 rings (SSSR count). The van der Waals surface area contributed by atoms with E-state index in [1.54, 1.807) is 6.92 Å². The number of nitrogens with zero attached hydrogens (tertiary/aromatic N) is 1. The third kappa shape index (κ3) is 1.65. The Morgan fingerprint density at radius 1 is 1.60 bits per heavy atom. The lowest BCUT2D eigenvalue weighted by atomic mass is 10.3. The van der Waals surface area contributed by atoms with E-state index in [1.807, 2.05) is 0 Å². The standard InChI is InChI=1S/C5H6F3NS/c1-3-9-4(2-10-3)5(6,7)8/h4H,2H2,1H3/t4-/m0/s1. The molecule has 1 heterocycles. The number of alkyl halides is 3. The van der Waals surface area contributed by atoms with Gasteiger partial charge in [0.05, 0.1) is 5.04 Å². The van der Waals surface area contributed by atoms with Crippen molar-refractivity contribution in [3.8, 4) is 0 Å². The summed E-state index contributed by atoms with van der Waals surface area (Å²) < 4.78 is 35.4. The largest absolute Gasteiger partial charge is 0.411 e. The van der Waals surface area contributed by atoms with E-state index >= 15 is 0 Å². The average Bonchev–Trinajstić information content (AvgIpc) is 2.11. The van der Waals surface area contributed by atoms with Gasteiger partial charge in [0.2, 0.25) is 0 Å². The van der Waals surface area contributed by atoms with Crippen molar-refractivity contribution in [2.45, 2.75) is 19.1 Å². The van der Waals surface area contributed by atoms with Crippen LogP contribution >= 0.6 is 11.8 Å². The maximum Gasteiger partial charge on any atom is 0.411 e. The molecule has 0 aromatic rings. The molecule has 0 fully saturated rings. The van der Waals surface area contributed by atoms with E-state index in [-0.39, 0.29) is 5.75 Å². The van der Waals surface area contributed by atoms with E-state index in [2.05, 4.69) is 4.99 Å². The Labute approximate surface area is 60.7 Å². The lowest BCUT2D eigenvalue weighted by molar-refractivity contribution is -0.141. The quantitative estimate of drug-likeness (QED) is 0.540. The minimum Gasteiger partial charge on any atom is -0.269 e. The van der Waals surface area contributed by atoms with E-state index in [1.165, 1.54) is 0 Å². The van der Waals surface area contributed by atoms with Gasteiger partial charge in [-0.05, 0) is 6.92 Å². The average molecular weight is 169 g/mol. The summed E-state index contributed by atoms with van der Waals surface area (Å²) in [6.07, 6.45) is -4.15. The summed E-state index contributed by atoms with van der Waals surface area (Å²) in [6, 6.07) is -1.46. The van der Waals surface area contributed by atoms with Crippen LogP contribution in [-0.2, 0) is 0 Å². The van der Waals surface area contributed by atoms with E-state index in [0.29, 0.717) is 5.04 Å². The lowest BCUT2D eigenvalue weighted by Crippen LogP contribution is -2.26. The molecule has 0 bridgehead atoms. The Morgan fingerprint density at radius 2 is 2.20 bits per heavy atom. The van der Waals surface area contributed by atoms with Crippen molar-refractivity contribution in [1.29, 1.82) is 0 Å². The molecule has 10 heavy (non-hydrogen) atoms. The molecule has 1 atom stereocenters. The fourth-order valence-corrected chi connectivity index (χ4v) is 1.53. The number of hydrogen-bond acceptors (Lipinski definition) is 2. The predicted octanol–water partition coefficient (Wildman–Crippen LogP) is 2.08. The van der Waals surface area contributed by atoms with Gasteiger partial charge in [-0.15, -0.1) is 11.8 Å². The molecule has 0 radical (unpaired) electrons. The molecule has 58 valence electrons. The molecule has 0 spiro atoms. The molecule has 5 heteroatoms. The van der Waals surface area contributed by atoms with Gasteiger partial charge < -0.3 is 0 Å². The smallest absolute Gasteiger partial charge is 0.269 e. The maximum atomic E-state index is 11.8. The number of aliphatic imine (C=N–C) groups is 1. The summed E-state index contributed by atoms with van der Waals surface area (Å²) in [5.74, 6) is 0.0509. The van der Waals surface area contributed by atoms with Gasteiger partial charge in [0.15, 0.2) is 6.04 Å². The summed E-state index contributed by atoms with van der Waals surface area (Å²) in [5.41, 5.74) is 0.